The minimum Gasteiger partial charge on any atom is -0.497 e. The van der Waals surface area contributed by atoms with Crippen LogP contribution in [0.15, 0.2) is 328 Å². The third-order valence-electron chi connectivity index (χ3n) is 21.4. The van der Waals surface area contributed by atoms with Crippen molar-refractivity contribution in [2.75, 3.05) is 34.0 Å². The zero-order chi connectivity index (χ0) is 82.0. The van der Waals surface area contributed by atoms with Crippen LogP contribution in [0.4, 0.5) is 13.2 Å². The molecule has 16 nitrogen and oxygen atoms in total. The van der Waals surface area contributed by atoms with E-state index < -0.39 is 123 Å². The molecule has 0 N–H and O–H groups in total. The number of halogens is 3. The van der Waals surface area contributed by atoms with Crippen molar-refractivity contribution in [3.8, 4) is 5.75 Å². The zero-order valence-electron chi connectivity index (χ0n) is 67.0. The number of carbonyl (C=O) groups excluding carboxylic acids is 1. The van der Waals surface area contributed by atoms with Crippen LogP contribution in [0.5, 0.6) is 5.75 Å². The fourth-order valence-corrected chi connectivity index (χ4v) is 20.0. The Bertz CT molecular complexity index is 4670. The molecule has 1 aliphatic carbocycles. The average Bonchev–Trinajstić information content (AvgIpc) is 0.751. The Hall–Kier alpha value is -9.82. The van der Waals surface area contributed by atoms with Gasteiger partial charge in [-0.2, -0.15) is 13.2 Å². The number of carbonyl (C=O) groups is 1. The van der Waals surface area contributed by atoms with E-state index in [1.165, 1.54) is 24.3 Å². The lowest BCUT2D eigenvalue weighted by Gasteiger charge is -2.52. The van der Waals surface area contributed by atoms with Crippen molar-refractivity contribution in [2.24, 2.45) is 0 Å². The summed E-state index contributed by atoms with van der Waals surface area (Å²) >= 11 is 0. The highest BCUT2D eigenvalue weighted by molar-refractivity contribution is 6.99. The van der Waals surface area contributed by atoms with Crippen molar-refractivity contribution >= 4 is 24.7 Å². The highest BCUT2D eigenvalue weighted by Gasteiger charge is 2.65. The molecular weight excluding hydrogens is 1520 g/mol. The third kappa shape index (κ3) is 22.0. The molecule has 0 bridgehead atoms. The Labute approximate surface area is 691 Å². The molecule has 0 aromatic heterocycles. The van der Waals surface area contributed by atoms with Crippen LogP contribution in [-0.2, 0) is 129 Å². The maximum atomic E-state index is 16.5. The topological polar surface area (TPSA) is 156 Å². The Kier molecular flexibility index (Phi) is 30.8. The van der Waals surface area contributed by atoms with Gasteiger partial charge in [0.2, 0.25) is 0 Å². The lowest BCUT2D eigenvalue weighted by Crippen LogP contribution is -2.70. The summed E-state index contributed by atoms with van der Waals surface area (Å²) in [6, 6.07) is 102. The summed E-state index contributed by atoms with van der Waals surface area (Å²) in [6.07, 6.45) is -20.4. The van der Waals surface area contributed by atoms with Gasteiger partial charge in [0.25, 0.3) is 13.9 Å². The van der Waals surface area contributed by atoms with E-state index in [1.807, 2.05) is 297 Å². The number of hydrogen-bond donors (Lipinski definition) is 0. The van der Waals surface area contributed by atoms with Crippen LogP contribution >= 0.6 is 0 Å². The van der Waals surface area contributed by atoms with Crippen molar-refractivity contribution in [1.82, 2.24) is 0 Å². The quantitative estimate of drug-likeness (QED) is 0.0264. The van der Waals surface area contributed by atoms with Gasteiger partial charge < -0.3 is 70.7 Å². The van der Waals surface area contributed by atoms with Gasteiger partial charge in [-0.25, -0.2) is 4.79 Å². The summed E-state index contributed by atoms with van der Waals surface area (Å²) in [5, 5.41) is 1.01. The highest BCUT2D eigenvalue weighted by Crippen LogP contribution is 2.45. The lowest BCUT2D eigenvalue weighted by atomic mass is 9.83. The first kappa shape index (κ1) is 86.0. The van der Waals surface area contributed by atoms with Gasteiger partial charge in [0.05, 0.1) is 79.8 Å². The van der Waals surface area contributed by atoms with Crippen molar-refractivity contribution in [3.05, 3.63) is 378 Å². The average molecular weight is 1620 g/mol. The molecule has 0 amide bonds. The van der Waals surface area contributed by atoms with Gasteiger partial charge in [0.1, 0.15) is 72.9 Å². The van der Waals surface area contributed by atoms with Crippen LogP contribution in [-0.4, -0.2) is 128 Å². The fourth-order valence-electron chi connectivity index (χ4n) is 15.4. The maximum Gasteiger partial charge on any atom is 0.432 e. The molecule has 13 rings (SSSR count). The van der Waals surface area contributed by atoms with E-state index in [9.17, 15) is 0 Å². The molecule has 1 saturated carbocycles. The van der Waals surface area contributed by atoms with Crippen molar-refractivity contribution in [2.45, 2.75) is 164 Å². The summed E-state index contributed by atoms with van der Waals surface area (Å²) < 4.78 is 157. The molecule has 13 atom stereocenters. The van der Waals surface area contributed by atoms with E-state index >= 15 is 18.0 Å². The van der Waals surface area contributed by atoms with Gasteiger partial charge >= 0.3 is 12.1 Å². The molecule has 2 aliphatic rings. The Morgan fingerprint density at radius 3 is 1.03 bits per heavy atom. The molecular formula is C98H103F3O16Si. The van der Waals surface area contributed by atoms with Crippen LogP contribution in [0, 0.1) is 0 Å². The molecule has 616 valence electrons. The number of alkyl halides is 3. The van der Waals surface area contributed by atoms with Crippen LogP contribution in [0.3, 0.4) is 0 Å². The van der Waals surface area contributed by atoms with Crippen LogP contribution in [0.25, 0.3) is 0 Å². The molecule has 0 radical (unpaired) electrons. The summed E-state index contributed by atoms with van der Waals surface area (Å²) in [4.78, 5) is 15.6. The molecule has 11 aromatic rings. The molecule has 2 fully saturated rings. The van der Waals surface area contributed by atoms with E-state index in [2.05, 4.69) is 20.8 Å². The van der Waals surface area contributed by atoms with Crippen molar-refractivity contribution in [3.63, 3.8) is 0 Å². The fraction of sp³-hybridized carbons (Fsp3) is 0.316. The molecule has 118 heavy (non-hydrogen) atoms. The Morgan fingerprint density at radius 2 is 0.678 bits per heavy atom. The van der Waals surface area contributed by atoms with Crippen molar-refractivity contribution < 1.29 is 88.7 Å². The normalized spacial score (nSPS) is 21.1. The lowest BCUT2D eigenvalue weighted by molar-refractivity contribution is -0.366. The third-order valence-corrected chi connectivity index (χ3v) is 26.4. The molecule has 1 heterocycles. The zero-order valence-corrected chi connectivity index (χ0v) is 68.0. The monoisotopic (exact) mass is 1620 g/mol. The number of rotatable bonds is 40. The largest absolute Gasteiger partial charge is 0.497 e. The first-order chi connectivity index (χ1) is 57.6. The first-order valence-corrected chi connectivity index (χ1v) is 41.9. The predicted molar refractivity (Wildman–Crippen MR) is 446 cm³/mol. The number of esters is 1. The van der Waals surface area contributed by atoms with Gasteiger partial charge in [-0.1, -0.05) is 336 Å². The minimum absolute atomic E-state index is 0.00814. The molecule has 0 spiro atoms. The van der Waals surface area contributed by atoms with E-state index in [0.29, 0.717) is 11.3 Å². The SMILES string of the molecule is COc1ccc(CO[C@H]2[C@H](OCC(CO[Si](c3ccccc3)(c3ccccc3)C(C)(C)C)OC(=O)[C@](OC)(c3ccccc3)C(F)(F)F)[C@@H](OCc3ccccc3)[C@H](OCc3ccccc3)[C@@H](OCc3ccccc3)[C@H]2O[C@H]2O[C@H](COCc3ccccc3)[C@@H](OCc3ccccc3)[C@H](OCc3ccccc3)[C@@H]2OCc2ccccc2)cc1. The number of ether oxygens (including phenoxy) is 14. The first-order valence-electron chi connectivity index (χ1n) is 40.0. The van der Waals surface area contributed by atoms with E-state index in [4.69, 9.17) is 70.7 Å². The molecule has 20 heteroatoms. The number of benzene rings is 11. The summed E-state index contributed by atoms with van der Waals surface area (Å²) in [6.45, 7) is 5.31. The second-order valence-electron chi connectivity index (χ2n) is 30.4. The molecule has 1 aliphatic heterocycles. The highest BCUT2D eigenvalue weighted by atomic mass is 28.4. The van der Waals surface area contributed by atoms with E-state index in [-0.39, 0.29) is 59.5 Å². The Morgan fingerprint density at radius 1 is 0.364 bits per heavy atom. The minimum atomic E-state index is -5.39. The van der Waals surface area contributed by atoms with Gasteiger partial charge in [0.15, 0.2) is 6.29 Å². The second kappa shape index (κ2) is 42.2. The van der Waals surface area contributed by atoms with Crippen LogP contribution < -0.4 is 15.1 Å². The summed E-state index contributed by atoms with van der Waals surface area (Å²) in [5.74, 6) is -1.18. The molecule has 1 unspecified atom stereocenters. The second-order valence-corrected chi connectivity index (χ2v) is 34.7. The van der Waals surface area contributed by atoms with Gasteiger partial charge in [-0.05, 0) is 72.1 Å². The van der Waals surface area contributed by atoms with Gasteiger partial charge in [0, 0.05) is 12.7 Å². The maximum absolute atomic E-state index is 16.5. The smallest absolute Gasteiger partial charge is 0.432 e. The molecule has 1 saturated heterocycles. The van der Waals surface area contributed by atoms with Crippen LogP contribution in [0.2, 0.25) is 5.04 Å². The van der Waals surface area contributed by atoms with Gasteiger partial charge in [-0.15, -0.1) is 0 Å². The number of methoxy groups -OCH3 is 2. The van der Waals surface area contributed by atoms with E-state index in [1.54, 1.807) is 13.2 Å². The Balaban J connectivity index is 1.01. The predicted octanol–water partition coefficient (Wildman–Crippen LogP) is 17.4. The van der Waals surface area contributed by atoms with Gasteiger partial charge in [-0.3, -0.25) is 0 Å². The summed E-state index contributed by atoms with van der Waals surface area (Å²) in [5.41, 5.74) is 2.40. The van der Waals surface area contributed by atoms with E-state index in [0.717, 1.165) is 56.4 Å². The standard InChI is InChI=1S/C98H103F3O16Si/c1-96(2,3)118(82-52-32-14-33-53-82,83-54-34-15-35-55-83)114-69-81(115-95(102)97(104-5,98(99,100)101)79-50-30-13-31-51-79)68-113-89-87(108-63-74-42-22-9-23-43-74)88(109-64-75-44-24-10-25-45-75)90(110-65-76-46-26-11-27-47-76)92(91(89)111-67-78-56-58-80(103-4)59-57-78)117-94-93(112-66-77-48-28-12-29-49-77)86(107-62-73-40-20-8-21-41-73)85(106-61-72-38-18-7-19-39-72)84(116-94)70-105-60-71-36-16-6-17-37-71/h6-59,81,84-94H,60-70H2,1-5H3/t81?,84-,85-,86+,87+,88+,89-,90-,91+,92-,93+,94-,97-/m1/s1. The summed E-state index contributed by atoms with van der Waals surface area (Å²) in [7, 11) is -1.23. The number of hydrogen-bond acceptors (Lipinski definition) is 16. The van der Waals surface area contributed by atoms with Crippen molar-refractivity contribution in [1.29, 1.82) is 0 Å². The van der Waals surface area contributed by atoms with Crippen LogP contribution in [0.1, 0.15) is 70.8 Å². The molecule has 11 aromatic carbocycles.